The Balaban J connectivity index is 0.00000171. The Morgan fingerprint density at radius 3 is 0.633 bits per heavy atom. The zero-order valence-corrected chi connectivity index (χ0v) is 45.8. The number of hydrogen-bond donors (Lipinski definition) is 8. The van der Waals surface area contributed by atoms with E-state index in [4.69, 9.17) is 0 Å². The third-order valence-electron chi connectivity index (χ3n) is 15.3. The van der Waals surface area contributed by atoms with Crippen molar-refractivity contribution in [1.29, 1.82) is 0 Å². The molecule has 0 aromatic heterocycles. The van der Waals surface area contributed by atoms with Crippen LogP contribution in [0, 0.1) is 47.3 Å². The molecule has 8 bridgehead atoms. The largest absolute Gasteiger partial charge is 1.00 e. The van der Waals surface area contributed by atoms with Crippen LogP contribution >= 0.6 is 0 Å². The van der Waals surface area contributed by atoms with Crippen LogP contribution in [0.15, 0.2) is 0 Å². The average Bonchev–Trinajstić information content (AvgIpc) is 3.84. The van der Waals surface area contributed by atoms with E-state index >= 15 is 0 Å². The summed E-state index contributed by atoms with van der Waals surface area (Å²) in [5.74, 6) is -3.14. The molecule has 28 heteroatoms. The monoisotopic (exact) mass is 960 g/mol. The SMILES string of the molecule is O=S(=O)([O-])C1C2C3NC4NC(NC5NC(NC6NC(NC(N3)C2C(S(=O)(=O)[O-])C(S(=O)(=O)[O-])C1S(=O)(=O)[O-])C1CCCCC61)C1CCCCC51)C1CCCCC41.[Na+].[Na+].[Na+].[Na+]. The maximum Gasteiger partial charge on any atom is 1.00 e. The van der Waals surface area contributed by atoms with Crippen molar-refractivity contribution in [3.8, 4) is 0 Å². The summed E-state index contributed by atoms with van der Waals surface area (Å²) in [7, 11) is -24.4. The van der Waals surface area contributed by atoms with E-state index in [2.05, 4.69) is 42.5 Å². The van der Waals surface area contributed by atoms with E-state index in [1.54, 1.807) is 0 Å². The van der Waals surface area contributed by atoms with E-state index in [0.717, 1.165) is 77.0 Å². The fourth-order valence-corrected chi connectivity index (χ4v) is 20.5. The molecule has 0 spiro atoms. The van der Waals surface area contributed by atoms with Gasteiger partial charge in [0.15, 0.2) is 0 Å². The van der Waals surface area contributed by atoms with Crippen molar-refractivity contribution in [1.82, 2.24) is 42.5 Å². The Bertz CT molecular complexity index is 1870. The molecule has 0 amide bonds. The third kappa shape index (κ3) is 10.1. The molecule has 4 saturated carbocycles. The molecule has 9 aliphatic rings. The molecule has 9 fully saturated rings. The van der Waals surface area contributed by atoms with Gasteiger partial charge in [-0.15, -0.1) is 0 Å². The van der Waals surface area contributed by atoms with Crippen LogP contribution in [0.4, 0.5) is 0 Å². The van der Waals surface area contributed by atoms with Crippen LogP contribution in [0.3, 0.4) is 0 Å². The number of hydrogen-bond acceptors (Lipinski definition) is 20. The van der Waals surface area contributed by atoms with Gasteiger partial charge in [-0.05, 0) is 74.0 Å². The van der Waals surface area contributed by atoms with Crippen LogP contribution in [0.25, 0.3) is 0 Å². The van der Waals surface area contributed by atoms with Crippen molar-refractivity contribution in [3.63, 3.8) is 0 Å². The first-order valence-corrected chi connectivity index (χ1v) is 26.1. The van der Waals surface area contributed by atoms with E-state index in [1.165, 1.54) is 0 Å². The molecule has 8 N–H and O–H groups in total. The zero-order valence-electron chi connectivity index (χ0n) is 34.6. The Kier molecular flexibility index (Phi) is 18.4. The molecule has 20 atom stereocenters. The van der Waals surface area contributed by atoms with Crippen LogP contribution in [0.1, 0.15) is 77.0 Å². The smallest absolute Gasteiger partial charge is 0.748 e. The van der Waals surface area contributed by atoms with Gasteiger partial charge in [-0.3, -0.25) is 42.5 Å². The molecule has 60 heavy (non-hydrogen) atoms. The van der Waals surface area contributed by atoms with E-state index < -0.39 is 98.0 Å². The number of rotatable bonds is 4. The average molecular weight is 961 g/mol. The summed E-state index contributed by atoms with van der Waals surface area (Å²) in [6.45, 7) is 0. The number of fused-ring (bicyclic) bond motifs is 20. The Hall–Kier alpha value is 3.32. The first kappa shape index (κ1) is 54.3. The molecular formula is C32H52N8Na4O12S4. The molecular weight excluding hydrogens is 909 g/mol. The molecule has 20 nitrogen and oxygen atoms in total. The summed E-state index contributed by atoms with van der Waals surface area (Å²) in [5, 5.41) is 16.2. The standard InChI is InChI=1S/C32H56N8O12S4.4Na/c41-53(42,43)21-19-20(22(54(44,45)46)24(56(50,51)52)23(21)55(47,48)49)32-39-30-18-12-6-4-10-16(18)28(37-30)35-26-14-8-2-1-7-13(14)25(33-26)34-27-15-9-3-5-11-17(15)29(36-27)38-31(19)40-32;;;;/h13-40H,1-12H2,(H,41,42,43)(H,44,45,46)(H,47,48,49)(H,50,51,52);;;;/q;4*+1/p-4. The van der Waals surface area contributed by atoms with Crippen LogP contribution in [-0.4, -0.2) is 122 Å². The predicted molar refractivity (Wildman–Crippen MR) is 193 cm³/mol. The minimum atomic E-state index is -6.22. The zero-order chi connectivity index (χ0) is 39.7. The molecule has 4 aliphatic carbocycles. The maximum atomic E-state index is 13.3. The van der Waals surface area contributed by atoms with Gasteiger partial charge in [-0.25, -0.2) is 33.7 Å². The van der Waals surface area contributed by atoms with Crippen LogP contribution in [0.5, 0.6) is 0 Å². The van der Waals surface area contributed by atoms with Gasteiger partial charge in [0, 0.05) is 11.8 Å². The molecule has 5 saturated heterocycles. The van der Waals surface area contributed by atoms with Gasteiger partial charge >= 0.3 is 118 Å². The van der Waals surface area contributed by atoms with Crippen molar-refractivity contribution in [2.24, 2.45) is 47.3 Å². The summed E-state index contributed by atoms with van der Waals surface area (Å²) >= 11 is 0. The maximum absolute atomic E-state index is 13.3. The molecule has 5 aliphatic heterocycles. The Morgan fingerprint density at radius 2 is 0.450 bits per heavy atom. The molecule has 20 unspecified atom stereocenters. The fraction of sp³-hybridized carbons (Fsp3) is 1.00. The molecule has 9 rings (SSSR count). The second kappa shape index (κ2) is 20.3. The van der Waals surface area contributed by atoms with Crippen molar-refractivity contribution < 1.29 is 170 Å². The summed E-state index contributed by atoms with van der Waals surface area (Å²) in [4.78, 5) is 0. The van der Waals surface area contributed by atoms with Crippen LogP contribution in [0.2, 0.25) is 0 Å². The quantitative estimate of drug-likeness (QED) is 0.0958. The fourth-order valence-electron chi connectivity index (χ4n) is 13.4. The van der Waals surface area contributed by atoms with E-state index in [9.17, 15) is 51.9 Å². The molecule has 0 aromatic carbocycles. The normalized spacial score (nSPS) is 47.7. The van der Waals surface area contributed by atoms with Gasteiger partial charge < -0.3 is 18.2 Å². The van der Waals surface area contributed by atoms with Gasteiger partial charge in [-0.1, -0.05) is 38.5 Å². The van der Waals surface area contributed by atoms with Crippen molar-refractivity contribution >= 4 is 40.5 Å². The summed E-state index contributed by atoms with van der Waals surface area (Å²) in [6, 6.07) is 0. The van der Waals surface area contributed by atoms with Crippen LogP contribution in [-0.2, 0) is 40.5 Å². The summed E-state index contributed by atoms with van der Waals surface area (Å²) in [6.07, 6.45) is 6.60. The van der Waals surface area contributed by atoms with Gasteiger partial charge in [0.2, 0.25) is 0 Å². The van der Waals surface area contributed by atoms with Gasteiger partial charge in [0.05, 0.1) is 90.6 Å². The van der Waals surface area contributed by atoms with Gasteiger partial charge in [0.25, 0.3) is 0 Å². The molecule has 0 aromatic rings. The van der Waals surface area contributed by atoms with Crippen molar-refractivity contribution in [3.05, 3.63) is 0 Å². The van der Waals surface area contributed by atoms with Gasteiger partial charge in [0.1, 0.15) is 20.2 Å². The predicted octanol–water partition coefficient (Wildman–Crippen LogP) is -15.3. The van der Waals surface area contributed by atoms with Crippen molar-refractivity contribution in [2.45, 2.75) is 147 Å². The molecule has 0 radical (unpaired) electrons. The second-order valence-electron chi connectivity index (χ2n) is 18.0. The van der Waals surface area contributed by atoms with Gasteiger partial charge in [-0.2, -0.15) is 0 Å². The van der Waals surface area contributed by atoms with E-state index in [1.807, 2.05) is 0 Å². The summed E-state index contributed by atoms with van der Waals surface area (Å²) in [5.41, 5.74) is 0. The Morgan fingerprint density at radius 1 is 0.283 bits per heavy atom. The Labute approximate surface area is 442 Å². The molecule has 5 heterocycles. The minimum Gasteiger partial charge on any atom is -0.748 e. The second-order valence-corrected chi connectivity index (χ2v) is 24.1. The van der Waals surface area contributed by atoms with Crippen molar-refractivity contribution in [2.75, 3.05) is 0 Å². The van der Waals surface area contributed by atoms with Crippen LogP contribution < -0.4 is 161 Å². The van der Waals surface area contributed by atoms with E-state index in [0.29, 0.717) is 11.8 Å². The molecule has 320 valence electrons. The van der Waals surface area contributed by atoms with E-state index in [-0.39, 0.29) is 167 Å². The number of nitrogens with one attached hydrogen (secondary N) is 8. The first-order valence-electron chi connectivity index (χ1n) is 20.2. The topological polar surface area (TPSA) is 325 Å². The third-order valence-corrected chi connectivity index (χ3v) is 20.9. The minimum absolute atomic E-state index is 0. The summed E-state index contributed by atoms with van der Waals surface area (Å²) < 4.78 is 157. The first-order chi connectivity index (χ1) is 26.3.